The lowest BCUT2D eigenvalue weighted by Gasteiger charge is -2.11. The van der Waals surface area contributed by atoms with E-state index < -0.39 is 15.8 Å². The molecule has 6 nitrogen and oxygen atoms in total. The van der Waals surface area contributed by atoms with Gasteiger partial charge in [-0.2, -0.15) is 0 Å². The number of sulfone groups is 1. The molecule has 2 N–H and O–H groups in total. The van der Waals surface area contributed by atoms with Crippen LogP contribution in [0.25, 0.3) is 33.1 Å². The van der Waals surface area contributed by atoms with Crippen molar-refractivity contribution in [3.63, 3.8) is 0 Å². The van der Waals surface area contributed by atoms with Gasteiger partial charge in [-0.15, -0.1) is 0 Å². The lowest BCUT2D eigenvalue weighted by atomic mass is 9.97. The molecule has 0 spiro atoms. The summed E-state index contributed by atoms with van der Waals surface area (Å²) in [5, 5.41) is 11.3. The van der Waals surface area contributed by atoms with Crippen LogP contribution in [0.2, 0.25) is 0 Å². The van der Waals surface area contributed by atoms with E-state index >= 15 is 0 Å². The number of aromatic nitrogens is 2. The first kappa shape index (κ1) is 19.6. The molecule has 0 amide bonds. The minimum atomic E-state index is -3.40. The lowest BCUT2D eigenvalue weighted by molar-refractivity contribution is 0.0696. The largest absolute Gasteiger partial charge is 0.478 e. The molecule has 0 aliphatic rings. The number of fused-ring (bicyclic) bond motifs is 3. The molecule has 0 aliphatic carbocycles. The minimum Gasteiger partial charge on any atom is -0.478 e. The second-order valence-electron chi connectivity index (χ2n) is 6.81. The van der Waals surface area contributed by atoms with E-state index in [0.717, 1.165) is 16.3 Å². The molecule has 4 aromatic rings. The average molecular weight is 473 g/mol. The van der Waals surface area contributed by atoms with Crippen molar-refractivity contribution in [2.45, 2.75) is 18.7 Å². The molecule has 0 atom stereocenters. The number of aryl methyl sites for hydroxylation is 1. The quantitative estimate of drug-likeness (QED) is 0.437. The smallest absolute Gasteiger partial charge is 0.336 e. The number of carboxylic acids is 1. The van der Waals surface area contributed by atoms with Crippen LogP contribution in [0, 0.1) is 6.92 Å². The van der Waals surface area contributed by atoms with Gasteiger partial charge in [-0.3, -0.25) is 0 Å². The van der Waals surface area contributed by atoms with Crippen molar-refractivity contribution in [1.82, 2.24) is 9.97 Å². The number of nitrogens with zero attached hydrogens (tertiary/aromatic N) is 1. The fourth-order valence-electron chi connectivity index (χ4n) is 3.44. The molecule has 0 bridgehead atoms. The van der Waals surface area contributed by atoms with Crippen LogP contribution in [-0.2, 0) is 9.84 Å². The Bertz CT molecular complexity index is 1410. The van der Waals surface area contributed by atoms with Gasteiger partial charge >= 0.3 is 5.97 Å². The summed E-state index contributed by atoms with van der Waals surface area (Å²) in [7, 11) is -3.40. The molecule has 2 aromatic carbocycles. The number of carbonyl (C=O) groups is 1. The van der Waals surface area contributed by atoms with Crippen LogP contribution in [-0.4, -0.2) is 35.2 Å². The van der Waals surface area contributed by atoms with E-state index in [1.165, 1.54) is 0 Å². The number of aromatic carboxylic acids is 1. The highest BCUT2D eigenvalue weighted by molar-refractivity contribution is 9.10. The molecule has 0 saturated heterocycles. The molecular weight excluding hydrogens is 456 g/mol. The van der Waals surface area contributed by atoms with E-state index in [9.17, 15) is 18.3 Å². The van der Waals surface area contributed by atoms with Crippen molar-refractivity contribution in [2.24, 2.45) is 0 Å². The highest BCUT2D eigenvalue weighted by Crippen LogP contribution is 2.40. The highest BCUT2D eigenvalue weighted by Gasteiger charge is 2.21. The maximum absolute atomic E-state index is 12.4. The fraction of sp³-hybridized carbons (Fsp3) is 0.143. The van der Waals surface area contributed by atoms with Gasteiger partial charge in [0.25, 0.3) is 0 Å². The van der Waals surface area contributed by atoms with Gasteiger partial charge in [-0.1, -0.05) is 19.1 Å². The number of aromatic amines is 1. The van der Waals surface area contributed by atoms with Gasteiger partial charge in [-0.25, -0.2) is 18.2 Å². The molecule has 0 unspecified atom stereocenters. The second-order valence-corrected chi connectivity index (χ2v) is 9.88. The monoisotopic (exact) mass is 472 g/mol. The van der Waals surface area contributed by atoms with Gasteiger partial charge in [0.2, 0.25) is 0 Å². The average Bonchev–Trinajstić information content (AvgIpc) is 3.07. The van der Waals surface area contributed by atoms with Gasteiger partial charge < -0.3 is 10.1 Å². The van der Waals surface area contributed by atoms with E-state index in [2.05, 4.69) is 25.9 Å². The normalized spacial score (nSPS) is 12.0. The zero-order valence-corrected chi connectivity index (χ0v) is 18.1. The molecule has 8 heteroatoms. The predicted octanol–water partition coefficient (Wildman–Crippen LogP) is 4.95. The molecule has 0 radical (unpaired) electrons. The Balaban J connectivity index is 2.15. The number of carboxylic acid groups (broad SMARTS) is 1. The number of H-pyrrole nitrogens is 1. The number of nitrogens with one attached hydrogen (secondary N) is 1. The summed E-state index contributed by atoms with van der Waals surface area (Å²) in [6.07, 6.45) is 1.73. The number of rotatable bonds is 4. The van der Waals surface area contributed by atoms with Crippen LogP contribution in [0.4, 0.5) is 0 Å². The Morgan fingerprint density at radius 3 is 2.69 bits per heavy atom. The fourth-order valence-corrected chi connectivity index (χ4v) is 4.95. The van der Waals surface area contributed by atoms with Crippen LogP contribution >= 0.6 is 15.9 Å². The van der Waals surface area contributed by atoms with Crippen LogP contribution < -0.4 is 0 Å². The molecule has 2 heterocycles. The number of halogens is 1. The standard InChI is InChI=1S/C21H17BrN2O4S/c1-3-29(27,28)13-6-4-5-12(8-13)14-9-16(21(25)26)18(22)19-17(14)15-7-11(2)10-23-20(15)24-19/h4-10H,3H2,1-2H3,(H,23,24)(H,25,26). The summed E-state index contributed by atoms with van der Waals surface area (Å²) in [6.45, 7) is 3.52. The summed E-state index contributed by atoms with van der Waals surface area (Å²) in [5.41, 5.74) is 3.54. The zero-order chi connectivity index (χ0) is 20.9. The van der Waals surface area contributed by atoms with Crippen molar-refractivity contribution in [1.29, 1.82) is 0 Å². The molecule has 0 aliphatic heterocycles. The molecule has 148 valence electrons. The maximum Gasteiger partial charge on any atom is 0.336 e. The number of benzene rings is 2. The van der Waals surface area contributed by atoms with Gasteiger partial charge in [-0.05, 0) is 63.8 Å². The Labute approximate surface area is 175 Å². The molecule has 29 heavy (non-hydrogen) atoms. The Morgan fingerprint density at radius 1 is 1.24 bits per heavy atom. The Kier molecular flexibility index (Phi) is 4.71. The molecule has 2 aromatic heterocycles. The first-order valence-corrected chi connectivity index (χ1v) is 11.3. The second kappa shape index (κ2) is 6.96. The molecule has 4 rings (SSSR count). The minimum absolute atomic E-state index is 0.0111. The van der Waals surface area contributed by atoms with E-state index in [1.807, 2.05) is 13.0 Å². The van der Waals surface area contributed by atoms with Crippen LogP contribution in [0.5, 0.6) is 0 Å². The summed E-state index contributed by atoms with van der Waals surface area (Å²) < 4.78 is 25.2. The van der Waals surface area contributed by atoms with Crippen molar-refractivity contribution < 1.29 is 18.3 Å². The number of pyridine rings is 1. The zero-order valence-electron chi connectivity index (χ0n) is 15.7. The third kappa shape index (κ3) is 3.22. The third-order valence-electron chi connectivity index (χ3n) is 4.92. The topological polar surface area (TPSA) is 100 Å². The van der Waals surface area contributed by atoms with Gasteiger partial charge in [0.1, 0.15) is 5.65 Å². The van der Waals surface area contributed by atoms with Gasteiger partial charge in [0.05, 0.1) is 26.2 Å². The van der Waals surface area contributed by atoms with E-state index in [0.29, 0.717) is 26.8 Å². The molecule has 0 saturated carbocycles. The first-order chi connectivity index (χ1) is 13.7. The summed E-state index contributed by atoms with van der Waals surface area (Å²) >= 11 is 3.41. The van der Waals surface area contributed by atoms with E-state index in [1.54, 1.807) is 43.5 Å². The van der Waals surface area contributed by atoms with Crippen molar-refractivity contribution in [3.05, 3.63) is 58.2 Å². The van der Waals surface area contributed by atoms with Gasteiger partial charge in [0.15, 0.2) is 9.84 Å². The predicted molar refractivity (Wildman–Crippen MR) is 116 cm³/mol. The third-order valence-corrected chi connectivity index (χ3v) is 7.47. The molecule has 0 fully saturated rings. The Morgan fingerprint density at radius 2 is 2.00 bits per heavy atom. The summed E-state index contributed by atoms with van der Waals surface area (Å²) in [5.74, 6) is -1.09. The van der Waals surface area contributed by atoms with Crippen molar-refractivity contribution in [2.75, 3.05) is 5.75 Å². The Hall–Kier alpha value is -2.71. The van der Waals surface area contributed by atoms with E-state index in [4.69, 9.17) is 0 Å². The van der Waals surface area contributed by atoms with Crippen LogP contribution in [0.15, 0.2) is 52.0 Å². The van der Waals surface area contributed by atoms with Crippen LogP contribution in [0.3, 0.4) is 0 Å². The number of hydrogen-bond donors (Lipinski definition) is 2. The summed E-state index contributed by atoms with van der Waals surface area (Å²) in [4.78, 5) is 19.7. The van der Waals surface area contributed by atoms with Crippen molar-refractivity contribution >= 4 is 53.7 Å². The first-order valence-electron chi connectivity index (χ1n) is 8.90. The SMILES string of the molecule is CCS(=O)(=O)c1cccc(-c2cc(C(=O)O)c(Br)c3[nH]c4ncc(C)cc4c23)c1. The summed E-state index contributed by atoms with van der Waals surface area (Å²) in [6, 6.07) is 10.1. The van der Waals surface area contributed by atoms with E-state index in [-0.39, 0.29) is 16.2 Å². The maximum atomic E-state index is 12.4. The highest BCUT2D eigenvalue weighted by atomic mass is 79.9. The van der Waals surface area contributed by atoms with Crippen LogP contribution in [0.1, 0.15) is 22.8 Å². The number of hydrogen-bond acceptors (Lipinski definition) is 4. The molecular formula is C21H17BrN2O4S. The lowest BCUT2D eigenvalue weighted by Crippen LogP contribution is -2.04. The van der Waals surface area contributed by atoms with Crippen molar-refractivity contribution in [3.8, 4) is 11.1 Å². The van der Waals surface area contributed by atoms with Gasteiger partial charge in [0, 0.05) is 17.0 Å².